The Morgan fingerprint density at radius 2 is 1.19 bits per heavy atom. The van der Waals surface area contributed by atoms with Gasteiger partial charge in [-0.2, -0.15) is 0 Å². The number of aliphatic hydroxyl groups excluding tert-OH is 1. The molecule has 0 saturated heterocycles. The van der Waals surface area contributed by atoms with Gasteiger partial charge in [-0.25, -0.2) is 0 Å². The van der Waals surface area contributed by atoms with Gasteiger partial charge in [-0.3, -0.25) is 0 Å². The van der Waals surface area contributed by atoms with Gasteiger partial charge in [0, 0.05) is 0 Å². The zero-order chi connectivity index (χ0) is 15.8. The number of benzene rings is 1. The average molecular weight is 398 g/mol. The minimum absolute atomic E-state index is 0.140. The quantitative estimate of drug-likeness (QED) is 0.475. The van der Waals surface area contributed by atoms with E-state index >= 15 is 0 Å². The summed E-state index contributed by atoms with van der Waals surface area (Å²) in [6.45, 7) is 7.14. The van der Waals surface area contributed by atoms with E-state index in [0.29, 0.717) is 0 Å². The molecule has 0 aliphatic carbocycles. The van der Waals surface area contributed by atoms with E-state index in [9.17, 15) is 0 Å². The van der Waals surface area contributed by atoms with Crippen LogP contribution >= 0.6 is 0 Å². The normalized spacial score (nSPS) is 10.3. The van der Waals surface area contributed by atoms with E-state index in [1.54, 1.807) is 13.3 Å². The Kier molecular flexibility index (Phi) is 16.3. The van der Waals surface area contributed by atoms with Gasteiger partial charge in [-0.05, 0) is 5.56 Å². The molecular formula is C19H35OSn. The predicted octanol–water partition coefficient (Wildman–Crippen LogP) is 6.06. The zero-order valence-corrected chi connectivity index (χ0v) is 17.3. The predicted molar refractivity (Wildman–Crippen MR) is 97.3 cm³/mol. The van der Waals surface area contributed by atoms with Gasteiger partial charge in [0.05, 0.1) is 6.61 Å². The Bertz CT molecular complexity index is 281. The fourth-order valence-electron chi connectivity index (χ4n) is 2.24. The zero-order valence-electron chi connectivity index (χ0n) is 14.4. The molecule has 0 aliphatic heterocycles. The van der Waals surface area contributed by atoms with Crippen LogP contribution in [0.5, 0.6) is 0 Å². The Morgan fingerprint density at radius 3 is 1.48 bits per heavy atom. The molecule has 1 aromatic rings. The number of hydrogen-bond donors (Lipinski definition) is 1. The molecule has 0 amide bonds. The van der Waals surface area contributed by atoms with Gasteiger partial charge in [0.1, 0.15) is 0 Å². The van der Waals surface area contributed by atoms with Crippen LogP contribution in [0.15, 0.2) is 30.3 Å². The largest absolute Gasteiger partial charge is 0.392 e. The molecule has 0 spiro atoms. The number of hydrogen-bond acceptors (Lipinski definition) is 1. The van der Waals surface area contributed by atoms with Crippen molar-refractivity contribution < 1.29 is 5.11 Å². The Labute approximate surface area is 139 Å². The van der Waals surface area contributed by atoms with Crippen LogP contribution in [0, 0.1) is 0 Å². The van der Waals surface area contributed by atoms with E-state index < -0.39 is 19.8 Å². The molecule has 1 N–H and O–H groups in total. The van der Waals surface area contributed by atoms with E-state index in [-0.39, 0.29) is 6.61 Å². The monoisotopic (exact) mass is 399 g/mol. The molecular weight excluding hydrogens is 363 g/mol. The van der Waals surface area contributed by atoms with Crippen molar-refractivity contribution in [2.45, 2.75) is 79.2 Å². The van der Waals surface area contributed by atoms with E-state index in [1.807, 2.05) is 30.3 Å². The summed E-state index contributed by atoms with van der Waals surface area (Å²) in [5, 5.41) is 8.54. The topological polar surface area (TPSA) is 20.2 Å². The average Bonchev–Trinajstić information content (AvgIpc) is 2.55. The summed E-state index contributed by atoms with van der Waals surface area (Å²) in [5.41, 5.74) is 0.965. The molecule has 21 heavy (non-hydrogen) atoms. The van der Waals surface area contributed by atoms with Crippen molar-refractivity contribution in [3.8, 4) is 0 Å². The fourth-order valence-corrected chi connectivity index (χ4v) is 11.7. The number of unbranched alkanes of at least 4 members (excludes halogenated alkanes) is 3. The summed E-state index contributed by atoms with van der Waals surface area (Å²) >= 11 is -0.839. The van der Waals surface area contributed by atoms with Crippen molar-refractivity contribution in [1.82, 2.24) is 0 Å². The molecule has 1 aromatic carbocycles. The van der Waals surface area contributed by atoms with Crippen molar-refractivity contribution >= 4 is 19.8 Å². The van der Waals surface area contributed by atoms with Crippen LogP contribution in [-0.2, 0) is 6.61 Å². The number of rotatable bonds is 10. The van der Waals surface area contributed by atoms with Gasteiger partial charge < -0.3 is 5.11 Å². The molecule has 0 fully saturated rings. The molecule has 121 valence electrons. The molecule has 0 aliphatic rings. The summed E-state index contributed by atoms with van der Waals surface area (Å²) in [7, 11) is 0. The molecule has 1 rings (SSSR count). The maximum Gasteiger partial charge on any atom is 0.0681 e. The molecule has 1 nitrogen and oxygen atoms in total. The second-order valence-electron chi connectivity index (χ2n) is 5.70. The number of aliphatic hydroxyl groups is 1. The van der Waals surface area contributed by atoms with Crippen LogP contribution in [0.1, 0.15) is 64.9 Å². The Balaban J connectivity index is 0.000000423. The van der Waals surface area contributed by atoms with Crippen molar-refractivity contribution in [2.24, 2.45) is 0 Å². The van der Waals surface area contributed by atoms with Crippen LogP contribution in [0.25, 0.3) is 0 Å². The molecule has 0 heterocycles. The third-order valence-electron chi connectivity index (χ3n) is 3.68. The standard InChI is InChI=1S/C7H8O.3C4H9.Sn/c8-6-7-4-2-1-3-5-7;3*1-3-4-2;/h1-5,8H,6H2;3*1,3-4H2,2H3;. The third kappa shape index (κ3) is 13.4. The summed E-state index contributed by atoms with van der Waals surface area (Å²) in [5.74, 6) is 0. The van der Waals surface area contributed by atoms with Gasteiger partial charge in [-0.15, -0.1) is 0 Å². The smallest absolute Gasteiger partial charge is 0.0681 e. The minimum atomic E-state index is -0.839. The molecule has 0 atom stereocenters. The second kappa shape index (κ2) is 16.4. The van der Waals surface area contributed by atoms with E-state index in [4.69, 9.17) is 5.11 Å². The van der Waals surface area contributed by atoms with Gasteiger partial charge in [0.15, 0.2) is 0 Å². The maximum absolute atomic E-state index is 8.54. The van der Waals surface area contributed by atoms with Crippen LogP contribution in [0.3, 0.4) is 0 Å². The van der Waals surface area contributed by atoms with Crippen molar-refractivity contribution in [2.75, 3.05) is 0 Å². The van der Waals surface area contributed by atoms with Crippen LogP contribution in [0.4, 0.5) is 0 Å². The third-order valence-corrected chi connectivity index (χ3v) is 12.8. The molecule has 0 saturated carbocycles. The molecule has 2 heteroatoms. The van der Waals surface area contributed by atoms with Gasteiger partial charge in [0.25, 0.3) is 0 Å². The first kappa shape index (κ1) is 21.0. The molecule has 0 aromatic heterocycles. The molecule has 1 radical (unpaired) electrons. The molecule has 0 bridgehead atoms. The van der Waals surface area contributed by atoms with Crippen LogP contribution in [-0.4, -0.2) is 24.9 Å². The van der Waals surface area contributed by atoms with E-state index in [0.717, 1.165) is 5.56 Å². The van der Waals surface area contributed by atoms with Gasteiger partial charge in [0.2, 0.25) is 0 Å². The van der Waals surface area contributed by atoms with Crippen molar-refractivity contribution in [1.29, 1.82) is 0 Å². The van der Waals surface area contributed by atoms with Crippen LogP contribution in [0.2, 0.25) is 13.3 Å². The Hall–Kier alpha value is -0.0213. The summed E-state index contributed by atoms with van der Waals surface area (Å²) in [4.78, 5) is 0. The van der Waals surface area contributed by atoms with Gasteiger partial charge in [-0.1, -0.05) is 30.3 Å². The fraction of sp³-hybridized carbons (Fsp3) is 0.684. The van der Waals surface area contributed by atoms with Gasteiger partial charge >= 0.3 is 92.4 Å². The summed E-state index contributed by atoms with van der Waals surface area (Å²) < 4.78 is 5.04. The minimum Gasteiger partial charge on any atom is -0.392 e. The summed E-state index contributed by atoms with van der Waals surface area (Å²) in [6.07, 6.45) is 8.85. The van der Waals surface area contributed by atoms with E-state index in [1.165, 1.54) is 38.5 Å². The van der Waals surface area contributed by atoms with Crippen LogP contribution < -0.4 is 0 Å². The van der Waals surface area contributed by atoms with Crippen molar-refractivity contribution in [3.05, 3.63) is 35.9 Å². The first-order valence-electron chi connectivity index (χ1n) is 8.76. The Morgan fingerprint density at radius 1 is 0.762 bits per heavy atom. The van der Waals surface area contributed by atoms with Crippen molar-refractivity contribution in [3.63, 3.8) is 0 Å². The van der Waals surface area contributed by atoms with E-state index in [2.05, 4.69) is 20.8 Å². The first-order valence-corrected chi connectivity index (χ1v) is 14.8. The maximum atomic E-state index is 8.54. The molecule has 0 unspecified atom stereocenters. The summed E-state index contributed by atoms with van der Waals surface area (Å²) in [6, 6.07) is 9.52. The SMILES string of the molecule is CCC[CH2][Sn]([CH2]CCC)[CH2]CCC.OCc1ccccc1. The first-order chi connectivity index (χ1) is 10.3. The second-order valence-corrected chi connectivity index (χ2v) is 14.3.